The van der Waals surface area contributed by atoms with Crippen molar-refractivity contribution in [3.05, 3.63) is 48.0 Å². The molecule has 0 aliphatic carbocycles. The minimum absolute atomic E-state index is 0.201. The third kappa shape index (κ3) is 3.40. The van der Waals surface area contributed by atoms with E-state index in [2.05, 4.69) is 24.4 Å². The number of rotatable bonds is 6. The lowest BCUT2D eigenvalue weighted by molar-refractivity contribution is 0.355. The molecule has 4 nitrogen and oxygen atoms in total. The maximum absolute atomic E-state index is 6.10. The molecule has 112 valence electrons. The highest BCUT2D eigenvalue weighted by molar-refractivity contribution is 5.72. The van der Waals surface area contributed by atoms with Crippen molar-refractivity contribution in [3.63, 3.8) is 0 Å². The van der Waals surface area contributed by atoms with Gasteiger partial charge in [-0.2, -0.15) is 0 Å². The zero-order chi connectivity index (χ0) is 15.2. The van der Waals surface area contributed by atoms with Gasteiger partial charge in [-0.25, -0.2) is 0 Å². The zero-order valence-corrected chi connectivity index (χ0v) is 12.7. The van der Waals surface area contributed by atoms with Crippen LogP contribution in [0.2, 0.25) is 0 Å². The van der Waals surface area contributed by atoms with Crippen molar-refractivity contribution in [2.24, 2.45) is 0 Å². The minimum Gasteiger partial charge on any atom is -0.493 e. The smallest absolute Gasteiger partial charge is 0.162 e. The van der Waals surface area contributed by atoms with Gasteiger partial charge in [0.1, 0.15) is 0 Å². The monoisotopic (exact) mass is 286 g/mol. The van der Waals surface area contributed by atoms with Crippen molar-refractivity contribution >= 4 is 11.4 Å². The molecule has 0 spiro atoms. The maximum Gasteiger partial charge on any atom is 0.162 e. The van der Waals surface area contributed by atoms with Gasteiger partial charge in [0.05, 0.1) is 31.6 Å². The summed E-state index contributed by atoms with van der Waals surface area (Å²) in [7, 11) is 3.22. The third-order valence-electron chi connectivity index (χ3n) is 3.50. The van der Waals surface area contributed by atoms with Gasteiger partial charge < -0.3 is 20.5 Å². The molecule has 0 bridgehead atoms. The highest BCUT2D eigenvalue weighted by Crippen LogP contribution is 2.36. The molecule has 0 aliphatic heterocycles. The molecule has 0 fully saturated rings. The number of anilines is 2. The Balaban J connectivity index is 2.29. The molecule has 2 rings (SSSR count). The fraction of sp³-hybridized carbons (Fsp3) is 0.294. The van der Waals surface area contributed by atoms with Crippen LogP contribution < -0.4 is 20.5 Å². The highest BCUT2D eigenvalue weighted by Gasteiger charge is 2.13. The van der Waals surface area contributed by atoms with Crippen LogP contribution in [0.25, 0.3) is 0 Å². The average Bonchev–Trinajstić information content (AvgIpc) is 2.54. The molecule has 0 radical (unpaired) electrons. The normalized spacial score (nSPS) is 11.8. The van der Waals surface area contributed by atoms with Gasteiger partial charge >= 0.3 is 0 Å². The Bertz CT molecular complexity index is 585. The predicted molar refractivity (Wildman–Crippen MR) is 87.1 cm³/mol. The number of ether oxygens (including phenoxy) is 2. The lowest BCUT2D eigenvalue weighted by atomic mass is 10.0. The van der Waals surface area contributed by atoms with E-state index < -0.39 is 0 Å². The summed E-state index contributed by atoms with van der Waals surface area (Å²) in [6.45, 7) is 2.14. The van der Waals surface area contributed by atoms with Crippen molar-refractivity contribution in [3.8, 4) is 11.5 Å². The van der Waals surface area contributed by atoms with Crippen molar-refractivity contribution in [1.29, 1.82) is 0 Å². The van der Waals surface area contributed by atoms with Gasteiger partial charge in [-0.1, -0.05) is 37.3 Å². The summed E-state index contributed by atoms with van der Waals surface area (Å²) < 4.78 is 10.6. The molecule has 0 saturated carbocycles. The first kappa shape index (κ1) is 15.0. The van der Waals surface area contributed by atoms with E-state index in [0.29, 0.717) is 17.2 Å². The molecule has 0 aromatic heterocycles. The third-order valence-corrected chi connectivity index (χ3v) is 3.50. The first-order chi connectivity index (χ1) is 10.2. The van der Waals surface area contributed by atoms with Crippen LogP contribution >= 0.6 is 0 Å². The van der Waals surface area contributed by atoms with Crippen molar-refractivity contribution in [2.45, 2.75) is 19.4 Å². The number of nitrogens with two attached hydrogens (primary N) is 1. The summed E-state index contributed by atoms with van der Waals surface area (Å²) in [6, 6.07) is 14.2. The van der Waals surface area contributed by atoms with Gasteiger partial charge in [0.15, 0.2) is 11.5 Å². The van der Waals surface area contributed by atoms with Gasteiger partial charge in [-0.15, -0.1) is 0 Å². The topological polar surface area (TPSA) is 56.5 Å². The molecule has 1 unspecified atom stereocenters. The molecular formula is C17H22N2O2. The number of nitrogens with one attached hydrogen (secondary N) is 1. The van der Waals surface area contributed by atoms with E-state index in [1.807, 2.05) is 24.3 Å². The number of hydrogen-bond donors (Lipinski definition) is 2. The van der Waals surface area contributed by atoms with E-state index in [9.17, 15) is 0 Å². The molecule has 3 N–H and O–H groups in total. The van der Waals surface area contributed by atoms with Crippen LogP contribution in [0.3, 0.4) is 0 Å². The second-order valence-electron chi connectivity index (χ2n) is 4.81. The first-order valence-corrected chi connectivity index (χ1v) is 7.02. The van der Waals surface area contributed by atoms with Gasteiger partial charge in [-0.05, 0) is 12.0 Å². The van der Waals surface area contributed by atoms with Crippen LogP contribution in [0.4, 0.5) is 11.4 Å². The van der Waals surface area contributed by atoms with Crippen LogP contribution in [0.15, 0.2) is 42.5 Å². The number of benzene rings is 2. The van der Waals surface area contributed by atoms with Crippen molar-refractivity contribution < 1.29 is 9.47 Å². The summed E-state index contributed by atoms with van der Waals surface area (Å²) in [5, 5.41) is 3.48. The van der Waals surface area contributed by atoms with Gasteiger partial charge in [0.2, 0.25) is 0 Å². The molecule has 4 heteroatoms. The predicted octanol–water partition coefficient (Wildman–Crippen LogP) is 3.85. The Morgan fingerprint density at radius 1 is 1.05 bits per heavy atom. The van der Waals surface area contributed by atoms with Crippen molar-refractivity contribution in [1.82, 2.24) is 0 Å². The second kappa shape index (κ2) is 6.88. The summed E-state index contributed by atoms with van der Waals surface area (Å²) in [6.07, 6.45) is 0.956. The minimum atomic E-state index is 0.201. The van der Waals surface area contributed by atoms with Crippen LogP contribution in [0.1, 0.15) is 24.9 Å². The molecule has 0 heterocycles. The van der Waals surface area contributed by atoms with Gasteiger partial charge in [0, 0.05) is 12.1 Å². The molecule has 2 aromatic rings. The van der Waals surface area contributed by atoms with E-state index in [4.69, 9.17) is 15.2 Å². The van der Waals surface area contributed by atoms with Crippen LogP contribution in [0, 0.1) is 0 Å². The largest absolute Gasteiger partial charge is 0.493 e. The maximum atomic E-state index is 6.10. The summed E-state index contributed by atoms with van der Waals surface area (Å²) in [5.41, 5.74) is 8.83. The molecular weight excluding hydrogens is 264 g/mol. The molecule has 1 atom stereocenters. The Morgan fingerprint density at radius 3 is 2.24 bits per heavy atom. The van der Waals surface area contributed by atoms with Gasteiger partial charge in [-0.3, -0.25) is 0 Å². The first-order valence-electron chi connectivity index (χ1n) is 7.02. The summed E-state index contributed by atoms with van der Waals surface area (Å²) >= 11 is 0. The SMILES string of the molecule is CCC(Nc1cc(OC)c(OC)cc1N)c1ccccc1. The van der Waals surface area contributed by atoms with E-state index in [0.717, 1.165) is 12.1 Å². The summed E-state index contributed by atoms with van der Waals surface area (Å²) in [5.74, 6) is 1.30. The Kier molecular flexibility index (Phi) is 4.93. The zero-order valence-electron chi connectivity index (χ0n) is 12.7. The molecule has 21 heavy (non-hydrogen) atoms. The Hall–Kier alpha value is -2.36. The molecule has 0 aliphatic rings. The number of methoxy groups -OCH3 is 2. The molecule has 2 aromatic carbocycles. The quantitative estimate of drug-likeness (QED) is 0.792. The van der Waals surface area contributed by atoms with Crippen LogP contribution in [-0.4, -0.2) is 14.2 Å². The van der Waals surface area contributed by atoms with E-state index in [-0.39, 0.29) is 6.04 Å². The van der Waals surface area contributed by atoms with Crippen LogP contribution in [-0.2, 0) is 0 Å². The van der Waals surface area contributed by atoms with Crippen LogP contribution in [0.5, 0.6) is 11.5 Å². The summed E-state index contributed by atoms with van der Waals surface area (Å²) in [4.78, 5) is 0. The molecule has 0 saturated heterocycles. The lowest BCUT2D eigenvalue weighted by Crippen LogP contribution is -2.11. The number of nitrogen functional groups attached to an aromatic ring is 1. The number of hydrogen-bond acceptors (Lipinski definition) is 4. The standard InChI is InChI=1S/C17H22N2O2/c1-4-14(12-8-6-5-7-9-12)19-15-11-17(21-3)16(20-2)10-13(15)18/h5-11,14,19H,4,18H2,1-3H3. The fourth-order valence-electron chi connectivity index (χ4n) is 2.31. The van der Waals surface area contributed by atoms with Crippen molar-refractivity contribution in [2.75, 3.05) is 25.3 Å². The second-order valence-corrected chi connectivity index (χ2v) is 4.81. The highest BCUT2D eigenvalue weighted by atomic mass is 16.5. The Morgan fingerprint density at radius 2 is 1.67 bits per heavy atom. The Labute approximate surface area is 125 Å². The van der Waals surface area contributed by atoms with E-state index in [1.54, 1.807) is 20.3 Å². The average molecular weight is 286 g/mol. The van der Waals surface area contributed by atoms with E-state index in [1.165, 1.54) is 5.56 Å². The lowest BCUT2D eigenvalue weighted by Gasteiger charge is -2.21. The molecule has 0 amide bonds. The van der Waals surface area contributed by atoms with Gasteiger partial charge in [0.25, 0.3) is 0 Å². The fourth-order valence-corrected chi connectivity index (χ4v) is 2.31. The van der Waals surface area contributed by atoms with E-state index >= 15 is 0 Å².